The van der Waals surface area contributed by atoms with Crippen molar-refractivity contribution in [2.45, 2.75) is 37.8 Å². The molecule has 5 aromatic rings. The summed E-state index contributed by atoms with van der Waals surface area (Å²) in [4.78, 5) is 21.1. The second-order valence-electron chi connectivity index (χ2n) is 11.5. The quantitative estimate of drug-likeness (QED) is 0.240. The summed E-state index contributed by atoms with van der Waals surface area (Å²) in [6, 6.07) is 14.5. The Morgan fingerprint density at radius 2 is 1.55 bits per heavy atom. The first-order valence-corrected chi connectivity index (χ1v) is 14.8. The van der Waals surface area contributed by atoms with Gasteiger partial charge in [-0.25, -0.2) is 32.5 Å². The Morgan fingerprint density at radius 1 is 0.872 bits per heavy atom. The van der Waals surface area contributed by atoms with Gasteiger partial charge in [0.05, 0.1) is 24.3 Å². The molecule has 1 saturated heterocycles. The van der Waals surface area contributed by atoms with E-state index in [0.717, 1.165) is 30.0 Å². The number of rotatable bonds is 9. The van der Waals surface area contributed by atoms with Crippen LogP contribution in [0.3, 0.4) is 0 Å². The summed E-state index contributed by atoms with van der Waals surface area (Å²) in [5.74, 6) is -1.58. The minimum Gasteiger partial charge on any atom is -0.381 e. The van der Waals surface area contributed by atoms with E-state index in [-0.39, 0.29) is 18.7 Å². The van der Waals surface area contributed by atoms with Crippen molar-refractivity contribution in [1.82, 2.24) is 34.0 Å². The number of halogens is 5. The number of anilines is 1. The Labute approximate surface area is 265 Å². The number of piperazine rings is 1. The molecule has 0 bridgehead atoms. The molecule has 6 rings (SSSR count). The van der Waals surface area contributed by atoms with Crippen molar-refractivity contribution in [3.8, 4) is 5.69 Å². The van der Waals surface area contributed by atoms with Crippen LogP contribution in [0.2, 0.25) is 0 Å². The van der Waals surface area contributed by atoms with E-state index in [4.69, 9.17) is 0 Å². The fraction of sp³-hybridized carbons (Fsp3) is 0.312. The maximum absolute atomic E-state index is 15.0. The molecule has 1 fully saturated rings. The van der Waals surface area contributed by atoms with E-state index in [9.17, 15) is 31.9 Å². The highest BCUT2D eigenvalue weighted by Gasteiger charge is 2.42. The lowest BCUT2D eigenvalue weighted by Gasteiger charge is -2.45. The Bertz CT molecular complexity index is 1870. The Balaban J connectivity index is 1.12. The van der Waals surface area contributed by atoms with Crippen molar-refractivity contribution in [2.24, 2.45) is 0 Å². The van der Waals surface area contributed by atoms with E-state index in [1.807, 2.05) is 12.1 Å². The highest BCUT2D eigenvalue weighted by molar-refractivity contribution is 5.51. The summed E-state index contributed by atoms with van der Waals surface area (Å²) in [6.07, 6.45) is -0.321. The van der Waals surface area contributed by atoms with Crippen LogP contribution in [0.1, 0.15) is 23.6 Å². The Kier molecular flexibility index (Phi) is 8.68. The zero-order valence-corrected chi connectivity index (χ0v) is 25.2. The van der Waals surface area contributed by atoms with Crippen molar-refractivity contribution in [3.63, 3.8) is 0 Å². The molecule has 0 radical (unpaired) electrons. The monoisotopic (exact) mass is 654 g/mol. The zero-order valence-electron chi connectivity index (χ0n) is 25.2. The number of benzene rings is 3. The Hall–Kier alpha value is -4.89. The molecule has 1 aliphatic heterocycles. The maximum atomic E-state index is 15.0. The van der Waals surface area contributed by atoms with Crippen LogP contribution < -0.4 is 10.6 Å². The standard InChI is InChI=1S/C32H31F5N8O2/c1-22(31(47,18-43-20-38-19-39-43)28-11-6-25(33)16-29(28)34)41-12-14-42(15-13-41)26-7-9-27(10-8-26)44-21-40-45(30(44)46)17-23-2-4-24(5-3-23)32(35,36)37/h2-11,16,19-22,47H,12-15,17-18H2,1H3. The lowest BCUT2D eigenvalue weighted by molar-refractivity contribution is -0.137. The molecule has 0 saturated carbocycles. The smallest absolute Gasteiger partial charge is 0.381 e. The lowest BCUT2D eigenvalue weighted by atomic mass is 9.85. The summed E-state index contributed by atoms with van der Waals surface area (Å²) in [7, 11) is 0. The first-order chi connectivity index (χ1) is 22.4. The average molecular weight is 655 g/mol. The van der Waals surface area contributed by atoms with Gasteiger partial charge in [0.2, 0.25) is 0 Å². The van der Waals surface area contributed by atoms with Gasteiger partial charge in [0, 0.05) is 49.5 Å². The number of aliphatic hydroxyl groups is 1. The van der Waals surface area contributed by atoms with Crippen LogP contribution in [0, 0.1) is 11.6 Å². The van der Waals surface area contributed by atoms with Gasteiger partial charge in [-0.1, -0.05) is 18.2 Å². The first-order valence-electron chi connectivity index (χ1n) is 14.8. The molecular weight excluding hydrogens is 623 g/mol. The number of aromatic nitrogens is 6. The largest absolute Gasteiger partial charge is 0.416 e. The van der Waals surface area contributed by atoms with E-state index in [0.29, 0.717) is 37.4 Å². The van der Waals surface area contributed by atoms with Crippen LogP contribution >= 0.6 is 0 Å². The number of hydrogen-bond acceptors (Lipinski definition) is 7. The Morgan fingerprint density at radius 3 is 2.17 bits per heavy atom. The van der Waals surface area contributed by atoms with Crippen molar-refractivity contribution in [3.05, 3.63) is 125 Å². The van der Waals surface area contributed by atoms with Crippen LogP contribution in [0.4, 0.5) is 27.6 Å². The van der Waals surface area contributed by atoms with Crippen molar-refractivity contribution >= 4 is 5.69 Å². The van der Waals surface area contributed by atoms with E-state index in [2.05, 4.69) is 25.0 Å². The highest BCUT2D eigenvalue weighted by atomic mass is 19.4. The van der Waals surface area contributed by atoms with Gasteiger partial charge >= 0.3 is 11.9 Å². The van der Waals surface area contributed by atoms with E-state index >= 15 is 0 Å². The molecule has 0 spiro atoms. The van der Waals surface area contributed by atoms with Gasteiger partial charge in [-0.15, -0.1) is 0 Å². The van der Waals surface area contributed by atoms with Gasteiger partial charge < -0.3 is 10.0 Å². The molecule has 2 atom stereocenters. The van der Waals surface area contributed by atoms with Crippen LogP contribution in [0.25, 0.3) is 5.69 Å². The summed E-state index contributed by atoms with van der Waals surface area (Å²) in [5.41, 5.74) is -0.972. The van der Waals surface area contributed by atoms with Gasteiger partial charge in [0.15, 0.2) is 0 Å². The third-order valence-electron chi connectivity index (χ3n) is 8.66. The van der Waals surface area contributed by atoms with Crippen molar-refractivity contribution < 1.29 is 27.1 Å². The summed E-state index contributed by atoms with van der Waals surface area (Å²) in [6.45, 7) is 4.02. The van der Waals surface area contributed by atoms with E-state index in [1.54, 1.807) is 19.1 Å². The average Bonchev–Trinajstić information content (AvgIpc) is 3.70. The molecule has 47 heavy (non-hydrogen) atoms. The SMILES string of the molecule is CC(N1CCN(c2ccc(-n3cnn(Cc4ccc(C(F)(F)F)cc4)c3=O)cc2)CC1)C(O)(Cn1cncn1)c1ccc(F)cc1F. The van der Waals surface area contributed by atoms with Crippen molar-refractivity contribution in [2.75, 3.05) is 31.1 Å². The number of nitrogens with zero attached hydrogens (tertiary/aromatic N) is 8. The summed E-state index contributed by atoms with van der Waals surface area (Å²) in [5, 5.41) is 20.1. The molecule has 3 aromatic carbocycles. The fourth-order valence-corrected chi connectivity index (χ4v) is 5.93. The summed E-state index contributed by atoms with van der Waals surface area (Å²) < 4.78 is 71.3. The zero-order chi connectivity index (χ0) is 33.3. The van der Waals surface area contributed by atoms with Crippen LogP contribution in [-0.2, 0) is 24.9 Å². The van der Waals surface area contributed by atoms with Crippen LogP contribution in [-0.4, -0.2) is 71.3 Å². The number of hydrogen-bond donors (Lipinski definition) is 1. The molecule has 15 heteroatoms. The van der Waals surface area contributed by atoms with Crippen LogP contribution in [0.15, 0.2) is 90.5 Å². The minimum atomic E-state index is -4.44. The molecular formula is C32H31F5N8O2. The molecule has 1 N–H and O–H groups in total. The normalized spacial score (nSPS) is 16.3. The molecule has 2 unspecified atom stereocenters. The van der Waals surface area contributed by atoms with Gasteiger partial charge in [-0.05, 0) is 55.0 Å². The van der Waals surface area contributed by atoms with Gasteiger partial charge in [0.1, 0.15) is 36.2 Å². The second-order valence-corrected chi connectivity index (χ2v) is 11.5. The van der Waals surface area contributed by atoms with Gasteiger partial charge in [-0.2, -0.15) is 23.4 Å². The molecule has 0 amide bonds. The molecule has 246 valence electrons. The third kappa shape index (κ3) is 6.67. The highest BCUT2D eigenvalue weighted by Crippen LogP contribution is 2.34. The van der Waals surface area contributed by atoms with Crippen molar-refractivity contribution in [1.29, 1.82) is 0 Å². The lowest BCUT2D eigenvalue weighted by Crippen LogP contribution is -2.57. The minimum absolute atomic E-state index is 0.0204. The maximum Gasteiger partial charge on any atom is 0.416 e. The summed E-state index contributed by atoms with van der Waals surface area (Å²) >= 11 is 0. The van der Waals surface area contributed by atoms with E-state index in [1.165, 1.54) is 51.1 Å². The predicted molar refractivity (Wildman–Crippen MR) is 162 cm³/mol. The first kappa shape index (κ1) is 32.1. The number of alkyl halides is 3. The van der Waals surface area contributed by atoms with Gasteiger partial charge in [0.25, 0.3) is 0 Å². The topological polar surface area (TPSA) is 97.2 Å². The van der Waals surface area contributed by atoms with Crippen LogP contribution in [0.5, 0.6) is 0 Å². The molecule has 0 aliphatic carbocycles. The molecule has 3 heterocycles. The molecule has 10 nitrogen and oxygen atoms in total. The van der Waals surface area contributed by atoms with E-state index < -0.39 is 40.7 Å². The third-order valence-corrected chi connectivity index (χ3v) is 8.66. The second kappa shape index (κ2) is 12.7. The fourth-order valence-electron chi connectivity index (χ4n) is 5.93. The molecule has 2 aromatic heterocycles. The predicted octanol–water partition coefficient (Wildman–Crippen LogP) is 4.07. The van der Waals surface area contributed by atoms with Gasteiger partial charge in [-0.3, -0.25) is 4.90 Å². The molecule has 1 aliphatic rings.